The van der Waals surface area contributed by atoms with Crippen molar-refractivity contribution in [3.63, 3.8) is 0 Å². The first-order valence-corrected chi connectivity index (χ1v) is 11.0. The number of aromatic nitrogens is 3. The zero-order valence-corrected chi connectivity index (χ0v) is 18.8. The smallest absolute Gasteiger partial charge is 0.281 e. The molecular formula is C26H28N4O2. The van der Waals surface area contributed by atoms with Crippen LogP contribution in [0, 0.1) is 13.8 Å². The second kappa shape index (κ2) is 9.22. The highest BCUT2D eigenvalue weighted by Gasteiger charge is 2.17. The Morgan fingerprint density at radius 3 is 2.47 bits per heavy atom. The van der Waals surface area contributed by atoms with E-state index in [9.17, 15) is 9.59 Å². The first kappa shape index (κ1) is 21.6. The van der Waals surface area contributed by atoms with Crippen molar-refractivity contribution in [2.24, 2.45) is 0 Å². The summed E-state index contributed by atoms with van der Waals surface area (Å²) in [5.41, 5.74) is 4.54. The maximum Gasteiger partial charge on any atom is 0.281 e. The minimum atomic E-state index is -0.123. The zero-order valence-electron chi connectivity index (χ0n) is 18.8. The van der Waals surface area contributed by atoms with Gasteiger partial charge in [0.15, 0.2) is 0 Å². The van der Waals surface area contributed by atoms with Crippen molar-refractivity contribution in [3.8, 4) is 5.69 Å². The van der Waals surface area contributed by atoms with E-state index < -0.39 is 0 Å². The molecule has 0 radical (unpaired) electrons. The van der Waals surface area contributed by atoms with Crippen LogP contribution in [0.5, 0.6) is 0 Å². The average Bonchev–Trinajstić information content (AvgIpc) is 3.05. The fraction of sp³-hybridized carbons (Fsp3) is 0.269. The van der Waals surface area contributed by atoms with Crippen molar-refractivity contribution >= 4 is 22.4 Å². The van der Waals surface area contributed by atoms with Crippen molar-refractivity contribution in [2.75, 3.05) is 5.32 Å². The monoisotopic (exact) mass is 428 g/mol. The number of carbonyl (C=O) groups is 1. The van der Waals surface area contributed by atoms with Crippen LogP contribution in [0.1, 0.15) is 36.7 Å². The van der Waals surface area contributed by atoms with E-state index in [2.05, 4.69) is 21.9 Å². The first-order valence-electron chi connectivity index (χ1n) is 11.0. The molecule has 0 atom stereocenters. The molecule has 2 heterocycles. The Morgan fingerprint density at radius 2 is 1.72 bits per heavy atom. The summed E-state index contributed by atoms with van der Waals surface area (Å²) in [4.78, 5) is 25.7. The molecular weight excluding hydrogens is 400 g/mol. The van der Waals surface area contributed by atoms with Crippen LogP contribution < -0.4 is 10.9 Å². The number of benzene rings is 2. The number of carbonyl (C=O) groups excluding carboxylic acids is 1. The lowest BCUT2D eigenvalue weighted by Gasteiger charge is -2.11. The van der Waals surface area contributed by atoms with Gasteiger partial charge in [-0.1, -0.05) is 43.3 Å². The summed E-state index contributed by atoms with van der Waals surface area (Å²) in [6, 6.07) is 17.3. The van der Waals surface area contributed by atoms with Crippen molar-refractivity contribution in [3.05, 3.63) is 88.1 Å². The third-order valence-corrected chi connectivity index (χ3v) is 6.00. The van der Waals surface area contributed by atoms with Crippen LogP contribution in [0.15, 0.2) is 65.6 Å². The van der Waals surface area contributed by atoms with Crippen LogP contribution >= 0.6 is 0 Å². The summed E-state index contributed by atoms with van der Waals surface area (Å²) < 4.78 is 3.56. The molecule has 0 saturated carbocycles. The van der Waals surface area contributed by atoms with E-state index in [0.29, 0.717) is 24.8 Å². The second-order valence-corrected chi connectivity index (χ2v) is 7.97. The second-order valence-electron chi connectivity index (χ2n) is 7.97. The Kier molecular flexibility index (Phi) is 6.21. The van der Waals surface area contributed by atoms with Gasteiger partial charge in [0, 0.05) is 35.4 Å². The molecule has 0 aliphatic rings. The molecule has 4 aromatic rings. The van der Waals surface area contributed by atoms with Gasteiger partial charge < -0.3 is 9.88 Å². The van der Waals surface area contributed by atoms with Gasteiger partial charge in [0.25, 0.3) is 5.56 Å². The summed E-state index contributed by atoms with van der Waals surface area (Å²) in [5.74, 6) is 0.00557. The number of aryl methyl sites for hydroxylation is 3. The molecule has 6 nitrogen and oxygen atoms in total. The third kappa shape index (κ3) is 4.08. The van der Waals surface area contributed by atoms with E-state index in [1.807, 2.05) is 68.4 Å². The summed E-state index contributed by atoms with van der Waals surface area (Å²) in [6.07, 6.45) is 3.73. The molecule has 0 aliphatic carbocycles. The Labute approximate surface area is 187 Å². The molecule has 2 aromatic heterocycles. The lowest BCUT2D eigenvalue weighted by atomic mass is 10.1. The zero-order chi connectivity index (χ0) is 22.7. The lowest BCUT2D eigenvalue weighted by molar-refractivity contribution is -0.116. The molecule has 0 unspecified atom stereocenters. The molecule has 0 saturated heterocycles. The number of para-hydroxylation sites is 2. The van der Waals surface area contributed by atoms with Crippen LogP contribution in [-0.2, 0) is 17.8 Å². The summed E-state index contributed by atoms with van der Waals surface area (Å²) in [7, 11) is 0. The summed E-state index contributed by atoms with van der Waals surface area (Å²) in [5, 5.41) is 8.96. The summed E-state index contributed by atoms with van der Waals surface area (Å²) in [6.45, 7) is 6.71. The molecule has 1 amide bonds. The molecule has 4 rings (SSSR count). The highest BCUT2D eigenvalue weighted by atomic mass is 16.1. The van der Waals surface area contributed by atoms with Gasteiger partial charge in [0.05, 0.1) is 17.3 Å². The molecule has 6 heteroatoms. The lowest BCUT2D eigenvalue weighted by Crippen LogP contribution is -2.21. The average molecular weight is 429 g/mol. The molecule has 32 heavy (non-hydrogen) atoms. The fourth-order valence-electron chi connectivity index (χ4n) is 4.26. The highest BCUT2D eigenvalue weighted by Crippen LogP contribution is 2.23. The van der Waals surface area contributed by atoms with Gasteiger partial charge >= 0.3 is 0 Å². The molecule has 1 N–H and O–H groups in total. The standard InChI is InChI=1S/C26H28N4O2/c1-4-20-11-8-9-14-23(20)28-24(31)15-10-16-29-18(2)22-17-27-30(21-12-6-5-7-13-21)26(32)25(22)19(29)3/h5-9,11-14,17H,4,10,15-16H2,1-3H3,(H,28,31). The van der Waals surface area contributed by atoms with Gasteiger partial charge in [-0.2, -0.15) is 9.78 Å². The minimum absolute atomic E-state index is 0.00557. The summed E-state index contributed by atoms with van der Waals surface area (Å²) >= 11 is 0. The maximum absolute atomic E-state index is 13.2. The molecule has 0 bridgehead atoms. The molecule has 0 spiro atoms. The van der Waals surface area contributed by atoms with Crippen LogP contribution in [0.4, 0.5) is 5.69 Å². The number of fused-ring (bicyclic) bond motifs is 1. The van der Waals surface area contributed by atoms with E-state index in [0.717, 1.165) is 40.1 Å². The normalized spacial score (nSPS) is 11.1. The van der Waals surface area contributed by atoms with Gasteiger partial charge in [0.1, 0.15) is 0 Å². The van der Waals surface area contributed by atoms with Crippen molar-refractivity contribution in [2.45, 2.75) is 46.6 Å². The van der Waals surface area contributed by atoms with Gasteiger partial charge in [-0.25, -0.2) is 0 Å². The number of hydrogen-bond acceptors (Lipinski definition) is 3. The number of hydrogen-bond donors (Lipinski definition) is 1. The van der Waals surface area contributed by atoms with E-state index in [4.69, 9.17) is 0 Å². The quantitative estimate of drug-likeness (QED) is 0.460. The van der Waals surface area contributed by atoms with E-state index >= 15 is 0 Å². The number of anilines is 1. The van der Waals surface area contributed by atoms with Crippen molar-refractivity contribution < 1.29 is 4.79 Å². The van der Waals surface area contributed by atoms with Crippen LogP contribution in [0.25, 0.3) is 16.5 Å². The molecule has 164 valence electrons. The number of nitrogens with zero attached hydrogens (tertiary/aromatic N) is 3. The van der Waals surface area contributed by atoms with Gasteiger partial charge in [-0.15, -0.1) is 0 Å². The van der Waals surface area contributed by atoms with Gasteiger partial charge in [-0.05, 0) is 50.5 Å². The van der Waals surface area contributed by atoms with E-state index in [-0.39, 0.29) is 11.5 Å². The number of rotatable bonds is 7. The van der Waals surface area contributed by atoms with Crippen LogP contribution in [0.2, 0.25) is 0 Å². The van der Waals surface area contributed by atoms with E-state index in [1.165, 1.54) is 4.68 Å². The number of amides is 1. The predicted molar refractivity (Wildman–Crippen MR) is 128 cm³/mol. The maximum atomic E-state index is 13.2. The van der Waals surface area contributed by atoms with Crippen LogP contribution in [-0.4, -0.2) is 20.3 Å². The van der Waals surface area contributed by atoms with Gasteiger partial charge in [-0.3, -0.25) is 9.59 Å². The van der Waals surface area contributed by atoms with E-state index in [1.54, 1.807) is 6.20 Å². The first-order chi connectivity index (χ1) is 15.5. The largest absolute Gasteiger partial charge is 0.348 e. The minimum Gasteiger partial charge on any atom is -0.348 e. The Morgan fingerprint density at radius 1 is 1.00 bits per heavy atom. The van der Waals surface area contributed by atoms with Crippen LogP contribution in [0.3, 0.4) is 0 Å². The Hall–Kier alpha value is -3.67. The Balaban J connectivity index is 1.52. The highest BCUT2D eigenvalue weighted by molar-refractivity contribution is 5.91. The van der Waals surface area contributed by atoms with Crippen molar-refractivity contribution in [1.82, 2.24) is 14.3 Å². The topological polar surface area (TPSA) is 68.9 Å². The fourth-order valence-corrected chi connectivity index (χ4v) is 4.26. The molecule has 0 aliphatic heterocycles. The third-order valence-electron chi connectivity index (χ3n) is 6.00. The SMILES string of the molecule is CCc1ccccc1NC(=O)CCCn1c(C)c2cnn(-c3ccccc3)c(=O)c2c1C. The Bertz CT molecular complexity index is 1320. The van der Waals surface area contributed by atoms with Crippen molar-refractivity contribution in [1.29, 1.82) is 0 Å². The number of nitrogens with one attached hydrogen (secondary N) is 1. The predicted octanol–water partition coefficient (Wildman–Crippen LogP) is 4.79. The van der Waals surface area contributed by atoms with Gasteiger partial charge in [0.2, 0.25) is 5.91 Å². The molecule has 0 fully saturated rings. The molecule has 2 aromatic carbocycles.